The first-order valence-corrected chi connectivity index (χ1v) is 16.8. The smallest absolute Gasteiger partial charge is 0.323 e. The molecule has 3 aromatic rings. The Balaban J connectivity index is 1.43. The number of aliphatic carboxylic acids is 1. The van der Waals surface area contributed by atoms with Crippen LogP contribution in [-0.2, 0) is 25.1 Å². The van der Waals surface area contributed by atoms with E-state index in [1.165, 1.54) is 16.7 Å². The monoisotopic (exact) mass is 621 g/mol. The van der Waals surface area contributed by atoms with Crippen molar-refractivity contribution in [3.63, 3.8) is 0 Å². The molecule has 0 aromatic heterocycles. The number of amides is 3. The number of carbonyl (C=O) groups excluding carboxylic acids is 3. The quantitative estimate of drug-likeness (QED) is 0.222. The van der Waals surface area contributed by atoms with E-state index < -0.39 is 55.2 Å². The molecule has 1 fully saturated rings. The number of nitrogens with one attached hydrogen (secondary N) is 1. The van der Waals surface area contributed by atoms with Crippen LogP contribution in [0.1, 0.15) is 44.1 Å². The molecule has 5 rings (SSSR count). The number of carboxylic acid groups (broad SMARTS) is 1. The number of benzene rings is 3. The zero-order chi connectivity index (χ0) is 30.6. The normalized spacial score (nSPS) is 20.5. The third-order valence-electron chi connectivity index (χ3n) is 7.32. The highest BCUT2D eigenvalue weighted by Gasteiger charge is 2.45. The Morgan fingerprint density at radius 1 is 0.977 bits per heavy atom. The van der Waals surface area contributed by atoms with E-state index in [1.807, 2.05) is 60.7 Å². The van der Waals surface area contributed by atoms with Gasteiger partial charge in [0.15, 0.2) is 0 Å². The fraction of sp³-hybridized carbons (Fsp3) is 0.290. The zero-order valence-electron chi connectivity index (χ0n) is 23.5. The van der Waals surface area contributed by atoms with Gasteiger partial charge in [0.1, 0.15) is 18.0 Å². The molecule has 2 aliphatic rings. The van der Waals surface area contributed by atoms with Gasteiger partial charge in [-0.3, -0.25) is 28.6 Å². The summed E-state index contributed by atoms with van der Waals surface area (Å²) in [4.78, 5) is 54.8. The van der Waals surface area contributed by atoms with E-state index in [4.69, 9.17) is 4.52 Å². The fourth-order valence-electron chi connectivity index (χ4n) is 5.49. The van der Waals surface area contributed by atoms with E-state index in [0.717, 1.165) is 16.0 Å². The van der Waals surface area contributed by atoms with E-state index in [1.54, 1.807) is 31.2 Å². The second-order valence-electron chi connectivity index (χ2n) is 10.3. The predicted octanol–water partition coefficient (Wildman–Crippen LogP) is 4.44. The zero-order valence-corrected chi connectivity index (χ0v) is 25.2. The number of imide groups is 1. The molecule has 3 unspecified atom stereocenters. The molecular formula is C31H32N3O7PS. The van der Waals surface area contributed by atoms with Crippen LogP contribution in [0.3, 0.4) is 0 Å². The molecule has 4 atom stereocenters. The van der Waals surface area contributed by atoms with Crippen molar-refractivity contribution < 1.29 is 33.4 Å². The first-order valence-electron chi connectivity index (χ1n) is 13.9. The molecule has 3 aromatic carbocycles. The number of rotatable bonds is 12. The number of carboxylic acids is 1. The van der Waals surface area contributed by atoms with Crippen LogP contribution in [-0.4, -0.2) is 75.7 Å². The van der Waals surface area contributed by atoms with Crippen LogP contribution in [0.15, 0.2) is 84.9 Å². The van der Waals surface area contributed by atoms with Crippen molar-refractivity contribution in [3.8, 4) is 0 Å². The lowest BCUT2D eigenvalue weighted by Crippen LogP contribution is -2.53. The summed E-state index contributed by atoms with van der Waals surface area (Å²) in [5.74, 6) is -2.44. The Hall–Kier alpha value is -3.76. The van der Waals surface area contributed by atoms with Crippen molar-refractivity contribution in [2.45, 2.75) is 30.8 Å². The molecule has 0 radical (unpaired) electrons. The van der Waals surface area contributed by atoms with Gasteiger partial charge in [-0.2, -0.15) is 0 Å². The lowest BCUT2D eigenvalue weighted by molar-refractivity contribution is -0.145. The van der Waals surface area contributed by atoms with Gasteiger partial charge < -0.3 is 14.5 Å². The van der Waals surface area contributed by atoms with Crippen molar-refractivity contribution >= 4 is 43.0 Å². The number of hydrogen-bond donors (Lipinski definition) is 2. The molecule has 224 valence electrons. The maximum Gasteiger partial charge on any atom is 0.323 e. The maximum absolute atomic E-state index is 14.5. The standard InChI is InChI=1S/C31H32N3O7PS/c1-2-41-42(40,32-26-20-43-31(22-13-7-4-8-14-22)33(30(26)39)18-27(35)36)19-23(17-21-11-5-3-6-12-21)34-28(37)24-15-9-10-16-25(24)29(34)38/h3-16,23,26,31H,2,17-20H2,1H3,(H,32,40)(H,35,36)/t23?,26?,31-,42?/m1/s1. The molecule has 2 aliphatic heterocycles. The minimum Gasteiger partial charge on any atom is -0.480 e. The van der Waals surface area contributed by atoms with E-state index >= 15 is 0 Å². The first kappa shape index (κ1) is 30.7. The number of thioether (sulfide) groups is 1. The van der Waals surface area contributed by atoms with Gasteiger partial charge in [0.05, 0.1) is 29.9 Å². The average Bonchev–Trinajstić information content (AvgIpc) is 3.25. The molecule has 2 N–H and O–H groups in total. The summed E-state index contributed by atoms with van der Waals surface area (Å²) in [6.07, 6.45) is -0.0175. The molecular weight excluding hydrogens is 589 g/mol. The van der Waals surface area contributed by atoms with Gasteiger partial charge >= 0.3 is 5.97 Å². The van der Waals surface area contributed by atoms with Crippen LogP contribution in [0.4, 0.5) is 0 Å². The van der Waals surface area contributed by atoms with Gasteiger partial charge in [-0.1, -0.05) is 72.8 Å². The third-order valence-corrected chi connectivity index (χ3v) is 11.0. The Morgan fingerprint density at radius 3 is 2.14 bits per heavy atom. The summed E-state index contributed by atoms with van der Waals surface area (Å²) >= 11 is 1.36. The summed E-state index contributed by atoms with van der Waals surface area (Å²) < 4.78 is 20.3. The predicted molar refractivity (Wildman–Crippen MR) is 163 cm³/mol. The summed E-state index contributed by atoms with van der Waals surface area (Å²) in [6, 6.07) is 23.1. The van der Waals surface area contributed by atoms with Gasteiger partial charge in [0, 0.05) is 5.75 Å². The number of fused-ring (bicyclic) bond motifs is 1. The number of hydrogen-bond acceptors (Lipinski definition) is 7. The molecule has 12 heteroatoms. The summed E-state index contributed by atoms with van der Waals surface area (Å²) in [5.41, 5.74) is 2.16. The summed E-state index contributed by atoms with van der Waals surface area (Å²) in [7, 11) is -3.88. The lowest BCUT2D eigenvalue weighted by Gasteiger charge is -2.40. The Bertz CT molecular complexity index is 1520. The van der Waals surface area contributed by atoms with Crippen LogP contribution in [0.25, 0.3) is 0 Å². The second-order valence-corrected chi connectivity index (χ2v) is 13.6. The first-order chi connectivity index (χ1) is 20.7. The highest BCUT2D eigenvalue weighted by atomic mass is 32.2. The van der Waals surface area contributed by atoms with Gasteiger partial charge in [-0.05, 0) is 36.6 Å². The molecule has 43 heavy (non-hydrogen) atoms. The topological polar surface area (TPSA) is 133 Å². The molecule has 0 saturated carbocycles. The largest absolute Gasteiger partial charge is 0.480 e. The van der Waals surface area contributed by atoms with Crippen LogP contribution in [0, 0.1) is 0 Å². The lowest BCUT2D eigenvalue weighted by atomic mass is 10.1. The second kappa shape index (κ2) is 13.3. The molecule has 0 spiro atoms. The SMILES string of the molecule is CCOP(=O)(CC(Cc1ccccc1)N1C(=O)c2ccccc2C1=O)NC1CS[C@H](c2ccccc2)N(CC(=O)O)C1=O. The minimum atomic E-state index is -3.88. The van der Waals surface area contributed by atoms with Crippen molar-refractivity contribution in [2.75, 3.05) is 25.1 Å². The van der Waals surface area contributed by atoms with Gasteiger partial charge in [-0.15, -0.1) is 11.8 Å². The van der Waals surface area contributed by atoms with E-state index in [9.17, 15) is 28.8 Å². The van der Waals surface area contributed by atoms with Crippen molar-refractivity contribution in [2.24, 2.45) is 0 Å². The summed E-state index contributed by atoms with van der Waals surface area (Å²) in [5, 5.41) is 12.0. The Labute approximate surface area is 253 Å². The highest BCUT2D eigenvalue weighted by Crippen LogP contribution is 2.47. The van der Waals surface area contributed by atoms with Gasteiger partial charge in [0.25, 0.3) is 19.3 Å². The van der Waals surface area contributed by atoms with Crippen molar-refractivity contribution in [1.29, 1.82) is 0 Å². The fourth-order valence-corrected chi connectivity index (χ4v) is 9.14. The molecule has 3 amide bonds. The van der Waals surface area contributed by atoms with Crippen LogP contribution in [0.5, 0.6) is 0 Å². The molecule has 0 aliphatic carbocycles. The molecule has 2 heterocycles. The molecule has 10 nitrogen and oxygen atoms in total. The minimum absolute atomic E-state index is 0.0456. The molecule has 0 bridgehead atoms. The maximum atomic E-state index is 14.5. The number of nitrogens with zero attached hydrogens (tertiary/aromatic N) is 2. The highest BCUT2D eigenvalue weighted by molar-refractivity contribution is 7.99. The number of carbonyl (C=O) groups is 4. The van der Waals surface area contributed by atoms with Crippen LogP contribution in [0.2, 0.25) is 0 Å². The Kier molecular flexibility index (Phi) is 9.46. The van der Waals surface area contributed by atoms with E-state index in [0.29, 0.717) is 0 Å². The van der Waals surface area contributed by atoms with Crippen molar-refractivity contribution in [3.05, 3.63) is 107 Å². The van der Waals surface area contributed by atoms with Crippen molar-refractivity contribution in [1.82, 2.24) is 14.9 Å². The van der Waals surface area contributed by atoms with E-state index in [2.05, 4.69) is 5.09 Å². The van der Waals surface area contributed by atoms with E-state index in [-0.39, 0.29) is 36.1 Å². The van der Waals surface area contributed by atoms with Crippen LogP contribution < -0.4 is 5.09 Å². The molecule has 1 saturated heterocycles. The van der Waals surface area contributed by atoms with Crippen LogP contribution >= 0.6 is 19.3 Å². The van der Waals surface area contributed by atoms with Gasteiger partial charge in [0.2, 0.25) is 5.91 Å². The third kappa shape index (κ3) is 6.75. The average molecular weight is 622 g/mol. The van der Waals surface area contributed by atoms with Gasteiger partial charge in [-0.25, -0.2) is 5.09 Å². The summed E-state index contributed by atoms with van der Waals surface area (Å²) in [6.45, 7) is 1.18. The Morgan fingerprint density at radius 2 is 1.56 bits per heavy atom.